The molecule has 0 saturated heterocycles. The summed E-state index contributed by atoms with van der Waals surface area (Å²) in [4.78, 5) is 14.7. The zero-order valence-corrected chi connectivity index (χ0v) is 13.5. The summed E-state index contributed by atoms with van der Waals surface area (Å²) in [6, 6.07) is 1.98. The third-order valence-electron chi connectivity index (χ3n) is 3.98. The molecule has 1 heterocycles. The van der Waals surface area contributed by atoms with Gasteiger partial charge in [0.05, 0.1) is 0 Å². The summed E-state index contributed by atoms with van der Waals surface area (Å²) in [5, 5.41) is 0. The van der Waals surface area contributed by atoms with Gasteiger partial charge in [-0.3, -0.25) is 4.79 Å². The quantitative estimate of drug-likeness (QED) is 0.753. The van der Waals surface area contributed by atoms with Crippen molar-refractivity contribution in [1.29, 1.82) is 0 Å². The molecule has 21 heavy (non-hydrogen) atoms. The SMILES string of the molecule is CCCN(C(=O)c1cc(S(=O)(=O)Cl)cn1C1CC1)C1CC1. The Hall–Kier alpha value is -1.01. The summed E-state index contributed by atoms with van der Waals surface area (Å²) in [6.07, 6.45) is 6.44. The number of nitrogens with zero attached hydrogens (tertiary/aromatic N) is 2. The highest BCUT2D eigenvalue weighted by Crippen LogP contribution is 2.38. The molecule has 0 unspecified atom stereocenters. The van der Waals surface area contributed by atoms with E-state index >= 15 is 0 Å². The van der Waals surface area contributed by atoms with Gasteiger partial charge >= 0.3 is 0 Å². The van der Waals surface area contributed by atoms with E-state index in [4.69, 9.17) is 10.7 Å². The Bertz CT molecular complexity index is 660. The standard InChI is InChI=1S/C14H19ClN2O3S/c1-2-7-16(10-3-4-10)14(18)13-8-12(21(15,19)20)9-17(13)11-5-6-11/h8-11H,2-7H2,1H3. The Kier molecular flexibility index (Phi) is 3.78. The molecular weight excluding hydrogens is 312 g/mol. The highest BCUT2D eigenvalue weighted by molar-refractivity contribution is 8.13. The van der Waals surface area contributed by atoms with Gasteiger partial charge in [-0.15, -0.1) is 0 Å². The van der Waals surface area contributed by atoms with E-state index in [1.807, 2.05) is 11.8 Å². The molecular formula is C14H19ClN2O3S. The normalized spacial score (nSPS) is 18.8. The molecule has 0 radical (unpaired) electrons. The van der Waals surface area contributed by atoms with Crippen molar-refractivity contribution in [2.24, 2.45) is 0 Å². The molecule has 0 bridgehead atoms. The van der Waals surface area contributed by atoms with Gasteiger partial charge in [0, 0.05) is 35.5 Å². The fraction of sp³-hybridized carbons (Fsp3) is 0.643. The highest BCUT2D eigenvalue weighted by atomic mass is 35.7. The molecule has 1 aromatic rings. The van der Waals surface area contributed by atoms with Crippen LogP contribution >= 0.6 is 10.7 Å². The summed E-state index contributed by atoms with van der Waals surface area (Å²) >= 11 is 0. The van der Waals surface area contributed by atoms with Gasteiger partial charge in [0.15, 0.2) is 0 Å². The summed E-state index contributed by atoms with van der Waals surface area (Å²) in [7, 11) is 1.62. The number of amides is 1. The van der Waals surface area contributed by atoms with Crippen LogP contribution in [0, 0.1) is 0 Å². The van der Waals surface area contributed by atoms with Crippen LogP contribution in [0.3, 0.4) is 0 Å². The second-order valence-electron chi connectivity index (χ2n) is 5.87. The fourth-order valence-corrected chi connectivity index (χ4v) is 3.38. The summed E-state index contributed by atoms with van der Waals surface area (Å²) < 4.78 is 24.9. The molecule has 2 aliphatic rings. The zero-order chi connectivity index (χ0) is 15.2. The van der Waals surface area contributed by atoms with E-state index in [0.717, 1.165) is 32.1 Å². The lowest BCUT2D eigenvalue weighted by Crippen LogP contribution is -2.35. The molecule has 2 saturated carbocycles. The minimum absolute atomic E-state index is 0.0201. The van der Waals surface area contributed by atoms with E-state index in [1.165, 1.54) is 12.3 Å². The van der Waals surface area contributed by atoms with Gasteiger partial charge in [-0.1, -0.05) is 6.92 Å². The first kappa shape index (κ1) is 14.9. The van der Waals surface area contributed by atoms with E-state index in [1.54, 1.807) is 4.57 Å². The van der Waals surface area contributed by atoms with Crippen molar-refractivity contribution in [2.45, 2.75) is 56.0 Å². The maximum Gasteiger partial charge on any atom is 0.270 e. The van der Waals surface area contributed by atoms with Crippen LogP contribution in [0.15, 0.2) is 17.2 Å². The van der Waals surface area contributed by atoms with Crippen LogP contribution in [0.5, 0.6) is 0 Å². The number of halogens is 1. The van der Waals surface area contributed by atoms with Crippen molar-refractivity contribution in [1.82, 2.24) is 9.47 Å². The van der Waals surface area contributed by atoms with Gasteiger partial charge in [0.2, 0.25) is 0 Å². The highest BCUT2D eigenvalue weighted by Gasteiger charge is 2.36. The zero-order valence-electron chi connectivity index (χ0n) is 12.0. The van der Waals surface area contributed by atoms with Gasteiger partial charge in [-0.05, 0) is 38.2 Å². The second-order valence-corrected chi connectivity index (χ2v) is 8.43. The molecule has 1 amide bonds. The topological polar surface area (TPSA) is 59.4 Å². The van der Waals surface area contributed by atoms with E-state index in [0.29, 0.717) is 18.3 Å². The minimum atomic E-state index is -3.81. The number of hydrogen-bond acceptors (Lipinski definition) is 3. The van der Waals surface area contributed by atoms with Crippen molar-refractivity contribution >= 4 is 25.6 Å². The first-order valence-corrected chi connectivity index (χ1v) is 9.70. The van der Waals surface area contributed by atoms with Crippen LogP contribution < -0.4 is 0 Å². The maximum absolute atomic E-state index is 12.8. The molecule has 0 spiro atoms. The largest absolute Gasteiger partial charge is 0.339 e. The molecule has 0 N–H and O–H groups in total. The van der Waals surface area contributed by atoms with Gasteiger partial charge in [0.1, 0.15) is 10.6 Å². The lowest BCUT2D eigenvalue weighted by atomic mass is 10.3. The van der Waals surface area contributed by atoms with Gasteiger partial charge in [-0.25, -0.2) is 8.42 Å². The van der Waals surface area contributed by atoms with Crippen LogP contribution in [0.2, 0.25) is 0 Å². The molecule has 3 rings (SSSR count). The fourth-order valence-electron chi connectivity index (χ4n) is 2.64. The smallest absolute Gasteiger partial charge is 0.270 e. The average molecular weight is 331 g/mol. The summed E-state index contributed by atoms with van der Waals surface area (Å²) in [5.74, 6) is -0.0715. The number of carbonyl (C=O) groups is 1. The monoisotopic (exact) mass is 330 g/mol. The lowest BCUT2D eigenvalue weighted by Gasteiger charge is -2.22. The Morgan fingerprint density at radius 2 is 2.05 bits per heavy atom. The first-order valence-electron chi connectivity index (χ1n) is 7.39. The molecule has 116 valence electrons. The number of hydrogen-bond donors (Lipinski definition) is 0. The van der Waals surface area contributed by atoms with Crippen molar-refractivity contribution in [2.75, 3.05) is 6.54 Å². The van der Waals surface area contributed by atoms with Gasteiger partial charge in [-0.2, -0.15) is 0 Å². The molecule has 7 heteroatoms. The molecule has 2 fully saturated rings. The number of rotatable bonds is 6. The van der Waals surface area contributed by atoms with Gasteiger partial charge in [0.25, 0.3) is 15.0 Å². The third kappa shape index (κ3) is 3.11. The van der Waals surface area contributed by atoms with Crippen LogP contribution in [0.25, 0.3) is 0 Å². The second kappa shape index (κ2) is 5.32. The minimum Gasteiger partial charge on any atom is -0.339 e. The van der Waals surface area contributed by atoms with Crippen LogP contribution in [0.4, 0.5) is 0 Å². The van der Waals surface area contributed by atoms with E-state index in [-0.39, 0.29) is 16.8 Å². The van der Waals surface area contributed by atoms with Crippen LogP contribution in [-0.2, 0) is 9.05 Å². The Morgan fingerprint density at radius 3 is 2.52 bits per heavy atom. The Labute approximate surface area is 129 Å². The first-order chi connectivity index (χ1) is 9.91. The van der Waals surface area contributed by atoms with Crippen LogP contribution in [0.1, 0.15) is 55.6 Å². The Morgan fingerprint density at radius 1 is 1.38 bits per heavy atom. The Balaban J connectivity index is 1.96. The average Bonchev–Trinajstić information content (AvgIpc) is 3.32. The van der Waals surface area contributed by atoms with E-state index in [9.17, 15) is 13.2 Å². The van der Waals surface area contributed by atoms with Gasteiger partial charge < -0.3 is 9.47 Å². The predicted octanol–water partition coefficient (Wildman–Crippen LogP) is 2.77. The summed E-state index contributed by atoms with van der Waals surface area (Å²) in [6.45, 7) is 2.75. The van der Waals surface area contributed by atoms with Crippen molar-refractivity contribution < 1.29 is 13.2 Å². The molecule has 0 atom stereocenters. The van der Waals surface area contributed by atoms with Crippen LogP contribution in [-0.4, -0.2) is 36.4 Å². The van der Waals surface area contributed by atoms with Crippen molar-refractivity contribution in [3.63, 3.8) is 0 Å². The predicted molar refractivity (Wildman–Crippen MR) is 80.1 cm³/mol. The molecule has 1 aromatic heterocycles. The van der Waals surface area contributed by atoms with E-state index in [2.05, 4.69) is 0 Å². The lowest BCUT2D eigenvalue weighted by molar-refractivity contribution is 0.0732. The van der Waals surface area contributed by atoms with Crippen molar-refractivity contribution in [3.8, 4) is 0 Å². The molecule has 5 nitrogen and oxygen atoms in total. The van der Waals surface area contributed by atoms with Crippen molar-refractivity contribution in [3.05, 3.63) is 18.0 Å². The molecule has 0 aromatic carbocycles. The molecule has 0 aliphatic heterocycles. The van der Waals surface area contributed by atoms with E-state index < -0.39 is 9.05 Å². The number of aromatic nitrogens is 1. The summed E-state index contributed by atoms with van der Waals surface area (Å²) in [5.41, 5.74) is 0.456. The number of carbonyl (C=O) groups excluding carboxylic acids is 1. The maximum atomic E-state index is 12.8. The molecule has 2 aliphatic carbocycles. The third-order valence-corrected chi connectivity index (χ3v) is 5.30.